The fourth-order valence-electron chi connectivity index (χ4n) is 2.85. The summed E-state index contributed by atoms with van der Waals surface area (Å²) in [5, 5.41) is 36.5. The van der Waals surface area contributed by atoms with Gasteiger partial charge in [-0.15, -0.1) is 0 Å². The lowest BCUT2D eigenvalue weighted by atomic mass is 10.1. The number of carboxylic acid groups (broad SMARTS) is 4. The molecule has 163 valence electrons. The molecule has 2 aromatic carbocycles. The van der Waals surface area contributed by atoms with Crippen molar-refractivity contribution in [2.75, 3.05) is 0 Å². The number of aromatic carboxylic acids is 4. The van der Waals surface area contributed by atoms with E-state index < -0.39 is 35.0 Å². The van der Waals surface area contributed by atoms with Crippen LogP contribution in [-0.2, 0) is 0 Å². The number of hydrogen-bond donors (Lipinski definition) is 4. The van der Waals surface area contributed by atoms with Gasteiger partial charge in [0.15, 0.2) is 6.10 Å². The SMILES string of the molecule is O=C(O)c1ccc(O[C]2C=CC(Oc3ccc(C(=O)O)c(C(=O)O)c3)=CC2)cc1C(=O)O. The molecule has 0 heterocycles. The highest BCUT2D eigenvalue weighted by molar-refractivity contribution is 6.02. The number of benzene rings is 2. The minimum Gasteiger partial charge on any atom is -0.478 e. The summed E-state index contributed by atoms with van der Waals surface area (Å²) in [6.45, 7) is 0. The average molecular weight is 439 g/mol. The van der Waals surface area contributed by atoms with E-state index in [1.165, 1.54) is 18.2 Å². The lowest BCUT2D eigenvalue weighted by Crippen LogP contribution is -2.11. The van der Waals surface area contributed by atoms with Gasteiger partial charge >= 0.3 is 23.9 Å². The minimum atomic E-state index is -1.40. The highest BCUT2D eigenvalue weighted by Crippen LogP contribution is 2.27. The van der Waals surface area contributed by atoms with Crippen molar-refractivity contribution in [1.29, 1.82) is 0 Å². The molecule has 0 unspecified atom stereocenters. The molecule has 0 saturated carbocycles. The van der Waals surface area contributed by atoms with Crippen LogP contribution >= 0.6 is 0 Å². The first-order valence-electron chi connectivity index (χ1n) is 8.96. The second-order valence-electron chi connectivity index (χ2n) is 6.45. The summed E-state index contributed by atoms with van der Waals surface area (Å²) in [6.07, 6.45) is 5.35. The van der Waals surface area contributed by atoms with Crippen LogP contribution in [-0.4, -0.2) is 44.3 Å². The van der Waals surface area contributed by atoms with Crippen molar-refractivity contribution in [2.24, 2.45) is 0 Å². The third-order valence-corrected chi connectivity index (χ3v) is 4.33. The van der Waals surface area contributed by atoms with Crippen molar-refractivity contribution in [3.8, 4) is 11.5 Å². The standard InChI is InChI=1S/C22H15O10/c23-19(24)15-7-5-13(9-17(15)21(27)28)31-11-1-2-12(4-3-11)32-14-6-8-16(20(25)26)18(10-14)22(29)30/h1-3,5-10H,4H2,(H,23,24)(H,25,26)(H,27,28)(H,29,30). The number of carbonyl (C=O) groups is 4. The molecule has 1 aliphatic rings. The Kier molecular flexibility index (Phi) is 6.24. The fourth-order valence-corrected chi connectivity index (χ4v) is 2.85. The van der Waals surface area contributed by atoms with Crippen molar-refractivity contribution >= 4 is 23.9 Å². The first kappa shape index (κ1) is 22.1. The molecular weight excluding hydrogens is 424 g/mol. The Hall–Kier alpha value is -4.60. The zero-order valence-corrected chi connectivity index (χ0v) is 16.1. The third kappa shape index (κ3) is 4.93. The molecule has 1 radical (unpaired) electrons. The molecule has 10 nitrogen and oxygen atoms in total. The van der Waals surface area contributed by atoms with Crippen LogP contribution in [0.3, 0.4) is 0 Å². The Morgan fingerprint density at radius 1 is 0.625 bits per heavy atom. The van der Waals surface area contributed by atoms with Gasteiger partial charge in [0.25, 0.3) is 0 Å². The van der Waals surface area contributed by atoms with Gasteiger partial charge in [0.1, 0.15) is 17.3 Å². The zero-order valence-electron chi connectivity index (χ0n) is 16.1. The molecule has 0 fully saturated rings. The molecule has 32 heavy (non-hydrogen) atoms. The molecule has 3 rings (SSSR count). The van der Waals surface area contributed by atoms with E-state index in [1.54, 1.807) is 12.2 Å². The number of ether oxygens (including phenoxy) is 2. The summed E-state index contributed by atoms with van der Waals surface area (Å²) in [5.41, 5.74) is -1.55. The second-order valence-corrected chi connectivity index (χ2v) is 6.45. The van der Waals surface area contributed by atoms with Gasteiger partial charge in [-0.2, -0.15) is 0 Å². The van der Waals surface area contributed by atoms with Gasteiger partial charge in [-0.1, -0.05) is 0 Å². The van der Waals surface area contributed by atoms with E-state index in [9.17, 15) is 29.4 Å². The van der Waals surface area contributed by atoms with E-state index in [0.717, 1.165) is 24.3 Å². The summed E-state index contributed by atoms with van der Waals surface area (Å²) >= 11 is 0. The zero-order chi connectivity index (χ0) is 23.4. The van der Waals surface area contributed by atoms with Crippen molar-refractivity contribution in [1.82, 2.24) is 0 Å². The van der Waals surface area contributed by atoms with Crippen molar-refractivity contribution in [3.63, 3.8) is 0 Å². The molecule has 4 N–H and O–H groups in total. The van der Waals surface area contributed by atoms with Crippen molar-refractivity contribution < 1.29 is 49.1 Å². The Morgan fingerprint density at radius 2 is 1.09 bits per heavy atom. The maximum absolute atomic E-state index is 11.3. The van der Waals surface area contributed by atoms with Crippen LogP contribution in [0.15, 0.2) is 60.4 Å². The van der Waals surface area contributed by atoms with Crippen LogP contribution in [0.4, 0.5) is 0 Å². The molecule has 0 amide bonds. The molecule has 0 aliphatic heterocycles. The molecule has 2 aromatic rings. The summed E-state index contributed by atoms with van der Waals surface area (Å²) < 4.78 is 11.2. The van der Waals surface area contributed by atoms with Gasteiger partial charge in [-0.05, 0) is 54.6 Å². The monoisotopic (exact) mass is 439 g/mol. The van der Waals surface area contributed by atoms with E-state index in [2.05, 4.69) is 0 Å². The normalized spacial score (nSPS) is 13.2. The fraction of sp³-hybridized carbons (Fsp3) is 0.0455. The molecule has 10 heteroatoms. The maximum Gasteiger partial charge on any atom is 0.336 e. The van der Waals surface area contributed by atoms with Gasteiger partial charge < -0.3 is 29.9 Å². The van der Waals surface area contributed by atoms with E-state index in [-0.39, 0.29) is 29.0 Å². The summed E-state index contributed by atoms with van der Waals surface area (Å²) in [4.78, 5) is 44.8. The van der Waals surface area contributed by atoms with Gasteiger partial charge in [0, 0.05) is 6.42 Å². The molecular formula is C22H15O10. The molecule has 0 saturated heterocycles. The van der Waals surface area contributed by atoms with E-state index >= 15 is 0 Å². The first-order chi connectivity index (χ1) is 15.2. The van der Waals surface area contributed by atoms with Crippen molar-refractivity contribution in [3.05, 3.63) is 88.7 Å². The Balaban J connectivity index is 1.69. The van der Waals surface area contributed by atoms with Crippen LogP contribution in [0.2, 0.25) is 0 Å². The van der Waals surface area contributed by atoms with Gasteiger partial charge in [-0.25, -0.2) is 19.2 Å². The van der Waals surface area contributed by atoms with Crippen LogP contribution < -0.4 is 9.47 Å². The average Bonchev–Trinajstić information content (AvgIpc) is 2.74. The van der Waals surface area contributed by atoms with Gasteiger partial charge in [0.05, 0.1) is 22.3 Å². The first-order valence-corrected chi connectivity index (χ1v) is 8.96. The Bertz CT molecular complexity index is 1180. The topological polar surface area (TPSA) is 168 Å². The summed E-state index contributed by atoms with van der Waals surface area (Å²) in [7, 11) is 0. The molecule has 1 aliphatic carbocycles. The minimum absolute atomic E-state index is 0.128. The van der Waals surface area contributed by atoms with Crippen LogP contribution in [0.5, 0.6) is 11.5 Å². The Morgan fingerprint density at radius 3 is 1.50 bits per heavy atom. The lowest BCUT2D eigenvalue weighted by Gasteiger charge is -2.18. The third-order valence-electron chi connectivity index (χ3n) is 4.33. The highest BCUT2D eigenvalue weighted by Gasteiger charge is 2.20. The number of rotatable bonds is 8. The number of hydrogen-bond acceptors (Lipinski definition) is 6. The van der Waals surface area contributed by atoms with E-state index in [1.807, 2.05) is 0 Å². The van der Waals surface area contributed by atoms with Crippen LogP contribution in [0.25, 0.3) is 0 Å². The summed E-state index contributed by atoms with van der Waals surface area (Å²) in [6, 6.07) is 7.16. The Labute approximate surface area is 180 Å². The van der Waals surface area contributed by atoms with Crippen LogP contribution in [0, 0.1) is 6.10 Å². The highest BCUT2D eigenvalue weighted by atomic mass is 16.5. The molecule has 0 aromatic heterocycles. The second kappa shape index (κ2) is 9.04. The maximum atomic E-state index is 11.3. The van der Waals surface area contributed by atoms with E-state index in [4.69, 9.17) is 19.7 Å². The molecule has 0 bridgehead atoms. The number of allylic oxidation sites excluding steroid dienone is 1. The lowest BCUT2D eigenvalue weighted by molar-refractivity contribution is 0.0651. The smallest absolute Gasteiger partial charge is 0.336 e. The van der Waals surface area contributed by atoms with Gasteiger partial charge in [0.2, 0.25) is 0 Å². The predicted octanol–water partition coefficient (Wildman–Crippen LogP) is 3.31. The summed E-state index contributed by atoms with van der Waals surface area (Å²) in [5.74, 6) is -4.93. The van der Waals surface area contributed by atoms with Crippen molar-refractivity contribution in [2.45, 2.75) is 6.42 Å². The van der Waals surface area contributed by atoms with Gasteiger partial charge in [-0.3, -0.25) is 0 Å². The van der Waals surface area contributed by atoms with Crippen LogP contribution in [0.1, 0.15) is 47.9 Å². The molecule has 0 atom stereocenters. The number of carboxylic acids is 4. The quantitative estimate of drug-likeness (QED) is 0.479. The predicted molar refractivity (Wildman–Crippen MR) is 107 cm³/mol. The molecule has 0 spiro atoms. The van der Waals surface area contributed by atoms with E-state index in [0.29, 0.717) is 11.9 Å². The largest absolute Gasteiger partial charge is 0.478 e.